The van der Waals surface area contributed by atoms with Crippen LogP contribution >= 0.6 is 0 Å². The van der Waals surface area contributed by atoms with Crippen molar-refractivity contribution in [3.05, 3.63) is 35.4 Å². The SMILES string of the molecule is CC(C)(C)c1ccc(C(=O)CCCN2C[C@H]3COC[C@@]3(CO)C2)cc1.O=CO. The van der Waals surface area contributed by atoms with Gasteiger partial charge < -0.3 is 19.8 Å². The lowest BCUT2D eigenvalue weighted by atomic mass is 9.82. The maximum absolute atomic E-state index is 12.4. The van der Waals surface area contributed by atoms with Crippen LogP contribution in [0.15, 0.2) is 24.3 Å². The largest absolute Gasteiger partial charge is 0.483 e. The summed E-state index contributed by atoms with van der Waals surface area (Å²) in [5, 5.41) is 16.6. The fourth-order valence-corrected chi connectivity index (χ4v) is 4.10. The fraction of sp³-hybridized carbons (Fsp3) is 0.636. The lowest BCUT2D eigenvalue weighted by Gasteiger charge is -2.24. The van der Waals surface area contributed by atoms with Crippen LogP contribution in [0.2, 0.25) is 0 Å². The number of rotatable bonds is 6. The quantitative estimate of drug-likeness (QED) is 0.573. The number of likely N-dealkylation sites (tertiary alicyclic amines) is 1. The highest BCUT2D eigenvalue weighted by Crippen LogP contribution is 2.40. The number of fused-ring (bicyclic) bond motifs is 1. The van der Waals surface area contributed by atoms with Crippen molar-refractivity contribution < 1.29 is 24.5 Å². The fourth-order valence-electron chi connectivity index (χ4n) is 4.10. The van der Waals surface area contributed by atoms with Gasteiger partial charge in [-0.25, -0.2) is 0 Å². The van der Waals surface area contributed by atoms with Gasteiger partial charge in [-0.05, 0) is 23.9 Å². The first-order chi connectivity index (χ1) is 13.3. The number of benzene rings is 1. The van der Waals surface area contributed by atoms with Crippen LogP contribution < -0.4 is 0 Å². The zero-order chi connectivity index (χ0) is 20.8. The van der Waals surface area contributed by atoms with Crippen molar-refractivity contribution in [3.8, 4) is 0 Å². The number of carbonyl (C=O) groups excluding carboxylic acids is 1. The minimum Gasteiger partial charge on any atom is -0.483 e. The Labute approximate surface area is 167 Å². The van der Waals surface area contributed by atoms with Crippen molar-refractivity contribution in [1.29, 1.82) is 0 Å². The second kappa shape index (κ2) is 9.63. The van der Waals surface area contributed by atoms with Gasteiger partial charge in [0.2, 0.25) is 0 Å². The second-order valence-corrected chi connectivity index (χ2v) is 8.93. The molecule has 28 heavy (non-hydrogen) atoms. The minimum absolute atomic E-state index is 0.0627. The first kappa shape index (κ1) is 22.5. The summed E-state index contributed by atoms with van der Waals surface area (Å²) < 4.78 is 5.55. The molecule has 0 bridgehead atoms. The van der Waals surface area contributed by atoms with E-state index in [0.717, 1.165) is 38.2 Å². The van der Waals surface area contributed by atoms with Gasteiger partial charge in [-0.15, -0.1) is 0 Å². The van der Waals surface area contributed by atoms with Crippen LogP contribution in [-0.4, -0.2) is 66.8 Å². The summed E-state index contributed by atoms with van der Waals surface area (Å²) in [4.78, 5) is 23.2. The Morgan fingerprint density at radius 2 is 1.96 bits per heavy atom. The van der Waals surface area contributed by atoms with Gasteiger partial charge >= 0.3 is 0 Å². The number of nitrogens with zero attached hydrogens (tertiary/aromatic N) is 1. The molecule has 0 radical (unpaired) electrons. The molecule has 0 unspecified atom stereocenters. The van der Waals surface area contributed by atoms with Crippen molar-refractivity contribution in [3.63, 3.8) is 0 Å². The van der Waals surface area contributed by atoms with E-state index in [4.69, 9.17) is 14.6 Å². The number of ketones is 1. The van der Waals surface area contributed by atoms with E-state index in [2.05, 4.69) is 37.8 Å². The predicted molar refractivity (Wildman–Crippen MR) is 108 cm³/mol. The third-order valence-electron chi connectivity index (χ3n) is 5.86. The smallest absolute Gasteiger partial charge is 0.290 e. The minimum atomic E-state index is -0.250. The van der Waals surface area contributed by atoms with Gasteiger partial charge in [0, 0.05) is 36.4 Å². The summed E-state index contributed by atoms with van der Waals surface area (Å²) in [5.74, 6) is 0.665. The number of carboxylic acid groups (broad SMARTS) is 1. The molecule has 156 valence electrons. The molecular weight excluding hydrogens is 358 g/mol. The number of hydrogen-bond donors (Lipinski definition) is 2. The molecule has 0 saturated carbocycles. The van der Waals surface area contributed by atoms with Gasteiger partial charge in [0.15, 0.2) is 5.78 Å². The summed E-state index contributed by atoms with van der Waals surface area (Å²) in [7, 11) is 0. The van der Waals surface area contributed by atoms with E-state index in [1.54, 1.807) is 0 Å². The van der Waals surface area contributed by atoms with Crippen LogP contribution in [0.25, 0.3) is 0 Å². The van der Waals surface area contributed by atoms with Gasteiger partial charge in [-0.3, -0.25) is 9.59 Å². The zero-order valence-electron chi connectivity index (χ0n) is 17.2. The third kappa shape index (κ3) is 5.40. The molecule has 6 nitrogen and oxygen atoms in total. The molecule has 0 amide bonds. The molecule has 3 rings (SSSR count). The number of aliphatic hydroxyl groups is 1. The summed E-state index contributed by atoms with van der Waals surface area (Å²) in [6.45, 7) is 10.7. The average molecular weight is 392 g/mol. The van der Waals surface area contributed by atoms with Crippen molar-refractivity contribution >= 4 is 12.3 Å². The van der Waals surface area contributed by atoms with Gasteiger partial charge in [-0.1, -0.05) is 45.0 Å². The molecule has 0 aromatic heterocycles. The molecule has 2 fully saturated rings. The molecule has 2 N–H and O–H groups in total. The standard InChI is InChI=1S/C21H31NO3.CH2O2/c1-20(2,3)17-8-6-16(7-9-17)19(24)5-4-10-22-11-18-12-25-15-21(18,13-22)14-23;2-1-3/h6-9,18,23H,4-5,10-15H2,1-3H3;1H,(H,2,3)/t18-,21-;/m0./s1. The Balaban J connectivity index is 0.000000878. The number of aliphatic hydroxyl groups excluding tert-OH is 1. The monoisotopic (exact) mass is 391 g/mol. The van der Waals surface area contributed by atoms with Crippen LogP contribution in [0.3, 0.4) is 0 Å². The second-order valence-electron chi connectivity index (χ2n) is 8.93. The lowest BCUT2D eigenvalue weighted by Crippen LogP contribution is -2.34. The van der Waals surface area contributed by atoms with Crippen LogP contribution in [0.4, 0.5) is 0 Å². The maximum atomic E-state index is 12.4. The number of ether oxygens (including phenoxy) is 1. The van der Waals surface area contributed by atoms with E-state index >= 15 is 0 Å². The van der Waals surface area contributed by atoms with Gasteiger partial charge in [0.05, 0.1) is 19.8 Å². The third-order valence-corrected chi connectivity index (χ3v) is 5.86. The van der Waals surface area contributed by atoms with Crippen LogP contribution in [0.1, 0.15) is 49.5 Å². The van der Waals surface area contributed by atoms with E-state index in [1.807, 2.05) is 12.1 Å². The Morgan fingerprint density at radius 1 is 1.32 bits per heavy atom. The highest BCUT2D eigenvalue weighted by Gasteiger charge is 2.49. The number of carbonyl (C=O) groups is 2. The van der Waals surface area contributed by atoms with Crippen LogP contribution in [0.5, 0.6) is 0 Å². The van der Waals surface area contributed by atoms with E-state index in [0.29, 0.717) is 18.9 Å². The predicted octanol–water partition coefficient (Wildman–Crippen LogP) is 2.59. The Morgan fingerprint density at radius 3 is 2.50 bits per heavy atom. The normalized spacial score (nSPS) is 24.4. The first-order valence-electron chi connectivity index (χ1n) is 9.88. The number of Topliss-reactive ketones (excluding diaryl/α,β-unsaturated/α-hetero) is 1. The molecule has 1 aromatic rings. The van der Waals surface area contributed by atoms with E-state index in [1.165, 1.54) is 5.56 Å². The van der Waals surface area contributed by atoms with Gasteiger partial charge in [0.25, 0.3) is 6.47 Å². The molecule has 2 heterocycles. The Bertz CT molecular complexity index is 652. The zero-order valence-corrected chi connectivity index (χ0v) is 17.2. The first-order valence-corrected chi connectivity index (χ1v) is 9.88. The van der Waals surface area contributed by atoms with Gasteiger partial charge in [-0.2, -0.15) is 0 Å². The van der Waals surface area contributed by atoms with Crippen LogP contribution in [0, 0.1) is 11.3 Å². The van der Waals surface area contributed by atoms with Crippen molar-refractivity contribution in [2.24, 2.45) is 11.3 Å². The van der Waals surface area contributed by atoms with Gasteiger partial charge in [0.1, 0.15) is 0 Å². The maximum Gasteiger partial charge on any atom is 0.290 e. The van der Waals surface area contributed by atoms with E-state index in [9.17, 15) is 9.90 Å². The summed E-state index contributed by atoms with van der Waals surface area (Å²) in [6, 6.07) is 8.06. The van der Waals surface area contributed by atoms with Crippen molar-refractivity contribution in [2.75, 3.05) is 39.5 Å². The molecule has 2 saturated heterocycles. The van der Waals surface area contributed by atoms with Crippen molar-refractivity contribution in [1.82, 2.24) is 4.90 Å². The Kier molecular flexibility index (Phi) is 7.75. The summed E-state index contributed by atoms with van der Waals surface area (Å²) >= 11 is 0. The lowest BCUT2D eigenvalue weighted by molar-refractivity contribution is -0.122. The molecule has 2 aliphatic heterocycles. The molecule has 2 aliphatic rings. The average Bonchev–Trinajstić information content (AvgIpc) is 3.19. The van der Waals surface area contributed by atoms with E-state index < -0.39 is 0 Å². The molecule has 0 spiro atoms. The summed E-state index contributed by atoms with van der Waals surface area (Å²) in [6.07, 6.45) is 1.45. The topological polar surface area (TPSA) is 87.1 Å². The Hall–Kier alpha value is -1.76. The van der Waals surface area contributed by atoms with Crippen molar-refractivity contribution in [2.45, 2.75) is 39.0 Å². The highest BCUT2D eigenvalue weighted by molar-refractivity contribution is 5.96. The number of hydrogen-bond acceptors (Lipinski definition) is 5. The molecule has 1 aromatic carbocycles. The summed E-state index contributed by atoms with van der Waals surface area (Å²) in [5.41, 5.74) is 2.12. The molecular formula is C22H33NO5. The molecule has 2 atom stereocenters. The van der Waals surface area contributed by atoms with Crippen LogP contribution in [-0.2, 0) is 14.9 Å². The van der Waals surface area contributed by atoms with E-state index in [-0.39, 0.29) is 29.7 Å². The highest BCUT2D eigenvalue weighted by atomic mass is 16.5. The molecule has 0 aliphatic carbocycles. The molecule has 6 heteroatoms.